The minimum atomic E-state index is -0.968. The Balaban J connectivity index is 2.44. The van der Waals surface area contributed by atoms with E-state index in [2.05, 4.69) is 16.0 Å². The average molecular weight is 335 g/mol. The molecule has 130 valence electrons. The molecule has 1 aromatic carbocycles. The lowest BCUT2D eigenvalue weighted by atomic mass is 10.2. The van der Waals surface area contributed by atoms with Crippen molar-refractivity contribution in [2.45, 2.75) is 33.3 Å². The number of esters is 1. The van der Waals surface area contributed by atoms with Gasteiger partial charge in [0.2, 0.25) is 11.8 Å². The van der Waals surface area contributed by atoms with Crippen molar-refractivity contribution in [1.29, 1.82) is 0 Å². The van der Waals surface area contributed by atoms with E-state index in [1.165, 1.54) is 20.8 Å². The number of rotatable bonds is 7. The fourth-order valence-electron chi connectivity index (χ4n) is 1.73. The molecule has 0 aromatic heterocycles. The Morgan fingerprint density at radius 1 is 0.958 bits per heavy atom. The Morgan fingerprint density at radius 3 is 2.00 bits per heavy atom. The first kappa shape index (κ1) is 19.1. The van der Waals surface area contributed by atoms with Crippen LogP contribution in [0, 0.1) is 0 Å². The van der Waals surface area contributed by atoms with Crippen LogP contribution in [0.15, 0.2) is 24.3 Å². The van der Waals surface area contributed by atoms with Gasteiger partial charge in [0.25, 0.3) is 5.91 Å². The monoisotopic (exact) mass is 335 g/mol. The minimum absolute atomic E-state index is 0.0113. The molecular weight excluding hydrogens is 314 g/mol. The van der Waals surface area contributed by atoms with Crippen LogP contribution in [0.3, 0.4) is 0 Å². The molecule has 0 fully saturated rings. The van der Waals surface area contributed by atoms with Gasteiger partial charge in [-0.3, -0.25) is 19.2 Å². The van der Waals surface area contributed by atoms with E-state index in [1.807, 2.05) is 0 Å². The molecule has 0 aliphatic heterocycles. The summed E-state index contributed by atoms with van der Waals surface area (Å²) in [4.78, 5) is 45.1. The lowest BCUT2D eigenvalue weighted by Crippen LogP contribution is -2.31. The largest absolute Gasteiger partial charge is 0.452 e. The molecule has 0 unspecified atom stereocenters. The van der Waals surface area contributed by atoms with Crippen LogP contribution in [-0.4, -0.2) is 36.3 Å². The van der Waals surface area contributed by atoms with Crippen LogP contribution in [0.25, 0.3) is 0 Å². The lowest BCUT2D eigenvalue weighted by Gasteiger charge is -2.14. The zero-order chi connectivity index (χ0) is 18.1. The zero-order valence-corrected chi connectivity index (χ0v) is 13.8. The molecule has 1 aromatic rings. The maximum absolute atomic E-state index is 12.0. The SMILES string of the molecule is CC(=O)NCCC(=O)O[C@@H](C)C(=O)Nc1ccc(NC(C)=O)cc1. The summed E-state index contributed by atoms with van der Waals surface area (Å²) in [6.45, 7) is 4.36. The van der Waals surface area contributed by atoms with Crippen LogP contribution < -0.4 is 16.0 Å². The Bertz CT molecular complexity index is 613. The van der Waals surface area contributed by atoms with Gasteiger partial charge in [-0.1, -0.05) is 0 Å². The molecule has 0 radical (unpaired) electrons. The average Bonchev–Trinajstić information content (AvgIpc) is 2.48. The summed E-state index contributed by atoms with van der Waals surface area (Å²) in [6.07, 6.45) is -0.979. The molecular formula is C16H21N3O5. The fourth-order valence-corrected chi connectivity index (χ4v) is 1.73. The van der Waals surface area contributed by atoms with E-state index >= 15 is 0 Å². The summed E-state index contributed by atoms with van der Waals surface area (Å²) >= 11 is 0. The molecule has 1 atom stereocenters. The van der Waals surface area contributed by atoms with E-state index in [1.54, 1.807) is 24.3 Å². The van der Waals surface area contributed by atoms with Gasteiger partial charge in [-0.25, -0.2) is 0 Å². The van der Waals surface area contributed by atoms with Crippen molar-refractivity contribution in [3.63, 3.8) is 0 Å². The number of nitrogens with one attached hydrogen (secondary N) is 3. The molecule has 0 heterocycles. The van der Waals surface area contributed by atoms with Gasteiger partial charge in [0.1, 0.15) is 0 Å². The predicted octanol–water partition coefficient (Wildman–Crippen LogP) is 1.04. The standard InChI is InChI=1S/C16H21N3O5/c1-10(24-15(22)8-9-17-11(2)20)16(23)19-14-6-4-13(5-7-14)18-12(3)21/h4-7,10H,8-9H2,1-3H3,(H,17,20)(H,18,21)(H,19,23)/t10-/m0/s1. The summed E-state index contributed by atoms with van der Waals surface area (Å²) in [6, 6.07) is 6.52. The molecule has 3 N–H and O–H groups in total. The normalized spacial score (nSPS) is 11.1. The van der Waals surface area contributed by atoms with Crippen LogP contribution >= 0.6 is 0 Å². The number of carbonyl (C=O) groups excluding carboxylic acids is 4. The Kier molecular flexibility index (Phi) is 7.41. The van der Waals surface area contributed by atoms with Crippen LogP contribution in [0.5, 0.6) is 0 Å². The van der Waals surface area contributed by atoms with E-state index in [9.17, 15) is 19.2 Å². The van der Waals surface area contributed by atoms with E-state index in [4.69, 9.17) is 4.74 Å². The minimum Gasteiger partial charge on any atom is -0.452 e. The third kappa shape index (κ3) is 7.39. The van der Waals surface area contributed by atoms with Crippen molar-refractivity contribution in [2.24, 2.45) is 0 Å². The van der Waals surface area contributed by atoms with Gasteiger partial charge in [0.15, 0.2) is 6.10 Å². The number of hydrogen-bond donors (Lipinski definition) is 3. The van der Waals surface area contributed by atoms with E-state index < -0.39 is 18.0 Å². The van der Waals surface area contributed by atoms with Crippen molar-refractivity contribution in [1.82, 2.24) is 5.32 Å². The third-order valence-electron chi connectivity index (χ3n) is 2.85. The number of ether oxygens (including phenoxy) is 1. The van der Waals surface area contributed by atoms with Crippen LogP contribution in [0.1, 0.15) is 27.2 Å². The highest BCUT2D eigenvalue weighted by Gasteiger charge is 2.17. The summed E-state index contributed by atoms with van der Waals surface area (Å²) in [7, 11) is 0. The molecule has 0 spiro atoms. The molecule has 3 amide bonds. The first-order valence-corrected chi connectivity index (χ1v) is 7.40. The van der Waals surface area contributed by atoms with E-state index in [0.717, 1.165) is 0 Å². The van der Waals surface area contributed by atoms with Gasteiger partial charge >= 0.3 is 5.97 Å². The summed E-state index contributed by atoms with van der Waals surface area (Å²) < 4.78 is 4.98. The van der Waals surface area contributed by atoms with Gasteiger partial charge in [-0.2, -0.15) is 0 Å². The van der Waals surface area contributed by atoms with Gasteiger partial charge < -0.3 is 20.7 Å². The summed E-state index contributed by atoms with van der Waals surface area (Å²) in [5.74, 6) is -1.48. The second kappa shape index (κ2) is 9.29. The first-order valence-electron chi connectivity index (χ1n) is 7.40. The highest BCUT2D eigenvalue weighted by molar-refractivity contribution is 5.95. The van der Waals surface area contributed by atoms with E-state index in [0.29, 0.717) is 11.4 Å². The Hall–Kier alpha value is -2.90. The molecule has 8 heteroatoms. The van der Waals surface area contributed by atoms with Gasteiger partial charge in [0.05, 0.1) is 6.42 Å². The van der Waals surface area contributed by atoms with Gasteiger partial charge in [0, 0.05) is 31.8 Å². The molecule has 1 rings (SSSR count). The molecule has 0 aliphatic carbocycles. The lowest BCUT2D eigenvalue weighted by molar-refractivity contribution is -0.153. The van der Waals surface area contributed by atoms with Crippen LogP contribution in [-0.2, 0) is 23.9 Å². The molecule has 8 nitrogen and oxygen atoms in total. The van der Waals surface area contributed by atoms with Crippen molar-refractivity contribution < 1.29 is 23.9 Å². The highest BCUT2D eigenvalue weighted by atomic mass is 16.5. The van der Waals surface area contributed by atoms with E-state index in [-0.39, 0.29) is 24.8 Å². The highest BCUT2D eigenvalue weighted by Crippen LogP contribution is 2.14. The van der Waals surface area contributed by atoms with Crippen LogP contribution in [0.4, 0.5) is 11.4 Å². The Labute approximate surface area is 139 Å². The number of anilines is 2. The number of benzene rings is 1. The predicted molar refractivity (Wildman–Crippen MR) is 88.2 cm³/mol. The smallest absolute Gasteiger partial charge is 0.308 e. The maximum Gasteiger partial charge on any atom is 0.308 e. The number of carbonyl (C=O) groups is 4. The fraction of sp³-hybridized carbons (Fsp3) is 0.375. The molecule has 24 heavy (non-hydrogen) atoms. The molecule has 0 saturated carbocycles. The van der Waals surface area contributed by atoms with Crippen molar-refractivity contribution in [3.05, 3.63) is 24.3 Å². The second-order valence-corrected chi connectivity index (χ2v) is 5.11. The maximum atomic E-state index is 12.0. The number of hydrogen-bond acceptors (Lipinski definition) is 5. The second-order valence-electron chi connectivity index (χ2n) is 5.11. The first-order chi connectivity index (χ1) is 11.3. The number of amides is 3. The van der Waals surface area contributed by atoms with Gasteiger partial charge in [-0.15, -0.1) is 0 Å². The van der Waals surface area contributed by atoms with Gasteiger partial charge in [-0.05, 0) is 31.2 Å². The quantitative estimate of drug-likeness (QED) is 0.644. The molecule has 0 saturated heterocycles. The van der Waals surface area contributed by atoms with Crippen molar-refractivity contribution in [3.8, 4) is 0 Å². The Morgan fingerprint density at radius 2 is 1.50 bits per heavy atom. The molecule has 0 aliphatic rings. The summed E-state index contributed by atoms with van der Waals surface area (Å²) in [5.41, 5.74) is 1.12. The van der Waals surface area contributed by atoms with Crippen molar-refractivity contribution in [2.75, 3.05) is 17.2 Å². The van der Waals surface area contributed by atoms with Crippen molar-refractivity contribution >= 4 is 35.1 Å². The molecule has 0 bridgehead atoms. The zero-order valence-electron chi connectivity index (χ0n) is 13.8. The summed E-state index contributed by atoms with van der Waals surface area (Å²) in [5, 5.41) is 7.68. The van der Waals surface area contributed by atoms with Crippen LogP contribution in [0.2, 0.25) is 0 Å². The third-order valence-corrected chi connectivity index (χ3v) is 2.85. The topological polar surface area (TPSA) is 114 Å².